The van der Waals surface area contributed by atoms with Crippen molar-refractivity contribution in [1.82, 2.24) is 9.30 Å². The van der Waals surface area contributed by atoms with E-state index in [4.69, 9.17) is 11.8 Å². The molecule has 0 bridgehead atoms. The largest absolute Gasteiger partial charge is 0.207 e. The zero-order chi connectivity index (χ0) is 7.84. The summed E-state index contributed by atoms with van der Waals surface area (Å²) in [7, 11) is 0. The van der Waals surface area contributed by atoms with Crippen molar-refractivity contribution >= 4 is 22.7 Å². The molecule has 0 atom stereocenters. The predicted octanol–water partition coefficient (Wildman–Crippen LogP) is 2.18. The fraction of sp³-hybridized carbons (Fsp3) is 0. The van der Waals surface area contributed by atoms with Gasteiger partial charge in [0.2, 0.25) is 0 Å². The third-order valence-electron chi connectivity index (χ3n) is 1.49. The SMILES string of the molecule is Fc1ccc2cnn(Cl)c2c1. The minimum Gasteiger partial charge on any atom is -0.207 e. The van der Waals surface area contributed by atoms with Crippen LogP contribution in [0.5, 0.6) is 0 Å². The standard InChI is InChI=1S/C7H4ClFN2/c8-11-7-3-6(9)2-1-5(7)4-10-11/h1-4H. The molecule has 0 aliphatic heterocycles. The molecule has 2 rings (SSSR count). The van der Waals surface area contributed by atoms with Crippen molar-refractivity contribution in [2.45, 2.75) is 0 Å². The Kier molecular flexibility index (Phi) is 1.32. The molecule has 0 saturated carbocycles. The molecule has 0 fully saturated rings. The minimum atomic E-state index is -0.306. The lowest BCUT2D eigenvalue weighted by atomic mass is 10.2. The number of hydrogen-bond donors (Lipinski definition) is 0. The highest BCUT2D eigenvalue weighted by molar-refractivity contribution is 6.18. The van der Waals surface area contributed by atoms with Gasteiger partial charge < -0.3 is 0 Å². The van der Waals surface area contributed by atoms with Crippen LogP contribution >= 0.6 is 11.8 Å². The van der Waals surface area contributed by atoms with E-state index in [9.17, 15) is 4.39 Å². The van der Waals surface area contributed by atoms with E-state index in [0.29, 0.717) is 5.52 Å². The highest BCUT2D eigenvalue weighted by Gasteiger charge is 2.00. The summed E-state index contributed by atoms with van der Waals surface area (Å²) in [5.74, 6) is -0.306. The lowest BCUT2D eigenvalue weighted by Gasteiger charge is -1.90. The molecule has 0 unspecified atom stereocenters. The van der Waals surface area contributed by atoms with Gasteiger partial charge in [0.1, 0.15) is 5.82 Å². The van der Waals surface area contributed by atoms with Crippen LogP contribution in [-0.4, -0.2) is 9.30 Å². The van der Waals surface area contributed by atoms with E-state index in [1.807, 2.05) is 0 Å². The summed E-state index contributed by atoms with van der Waals surface area (Å²) < 4.78 is 13.7. The molecule has 11 heavy (non-hydrogen) atoms. The van der Waals surface area contributed by atoms with Crippen LogP contribution < -0.4 is 0 Å². The summed E-state index contributed by atoms with van der Waals surface area (Å²) in [6.07, 6.45) is 1.59. The van der Waals surface area contributed by atoms with Gasteiger partial charge in [0.15, 0.2) is 0 Å². The molecule has 0 N–H and O–H groups in total. The molecule has 0 amide bonds. The van der Waals surface area contributed by atoms with Crippen molar-refractivity contribution in [1.29, 1.82) is 0 Å². The van der Waals surface area contributed by atoms with Crippen molar-refractivity contribution in [3.63, 3.8) is 0 Å². The predicted molar refractivity (Wildman–Crippen MR) is 40.9 cm³/mol. The van der Waals surface area contributed by atoms with Crippen LogP contribution in [0, 0.1) is 5.82 Å². The first-order valence-corrected chi connectivity index (χ1v) is 3.40. The second kappa shape index (κ2) is 2.20. The first-order valence-electron chi connectivity index (χ1n) is 3.07. The van der Waals surface area contributed by atoms with Gasteiger partial charge in [0.25, 0.3) is 0 Å². The average Bonchev–Trinajstić information content (AvgIpc) is 2.33. The molecule has 1 aromatic carbocycles. The van der Waals surface area contributed by atoms with E-state index >= 15 is 0 Å². The van der Waals surface area contributed by atoms with Crippen molar-refractivity contribution in [3.8, 4) is 0 Å². The molecule has 56 valence electrons. The van der Waals surface area contributed by atoms with Crippen molar-refractivity contribution in [2.24, 2.45) is 0 Å². The topological polar surface area (TPSA) is 17.8 Å². The Balaban J connectivity index is 2.87. The summed E-state index contributed by atoms with van der Waals surface area (Å²) in [4.78, 5) is 0. The Morgan fingerprint density at radius 2 is 2.27 bits per heavy atom. The number of nitrogens with zero attached hydrogens (tertiary/aromatic N) is 2. The summed E-state index contributed by atoms with van der Waals surface area (Å²) in [6.45, 7) is 0. The second-order valence-corrected chi connectivity index (χ2v) is 2.53. The molecule has 1 heterocycles. The highest BCUT2D eigenvalue weighted by Crippen LogP contribution is 2.15. The summed E-state index contributed by atoms with van der Waals surface area (Å²) >= 11 is 5.58. The van der Waals surface area contributed by atoms with Gasteiger partial charge in [-0.3, -0.25) is 0 Å². The fourth-order valence-electron chi connectivity index (χ4n) is 0.961. The summed E-state index contributed by atoms with van der Waals surface area (Å²) in [5, 5.41) is 4.59. The number of aromatic nitrogens is 2. The van der Waals surface area contributed by atoms with E-state index in [1.165, 1.54) is 12.1 Å². The molecular weight excluding hydrogens is 167 g/mol. The van der Waals surface area contributed by atoms with E-state index in [1.54, 1.807) is 12.3 Å². The first kappa shape index (κ1) is 6.61. The van der Waals surface area contributed by atoms with E-state index in [-0.39, 0.29) is 5.82 Å². The van der Waals surface area contributed by atoms with Crippen LogP contribution in [0.4, 0.5) is 4.39 Å². The molecule has 0 aliphatic rings. The zero-order valence-corrected chi connectivity index (χ0v) is 6.22. The number of halogens is 2. The second-order valence-electron chi connectivity index (χ2n) is 2.21. The minimum absolute atomic E-state index is 0.306. The number of fused-ring (bicyclic) bond motifs is 1. The van der Waals surface area contributed by atoms with Gasteiger partial charge in [-0.05, 0) is 12.1 Å². The molecule has 1 aromatic heterocycles. The molecule has 0 aliphatic carbocycles. The van der Waals surface area contributed by atoms with E-state index in [0.717, 1.165) is 9.59 Å². The van der Waals surface area contributed by atoms with Crippen LogP contribution in [0.1, 0.15) is 0 Å². The Labute approximate surface area is 67.3 Å². The number of hydrogen-bond acceptors (Lipinski definition) is 1. The highest BCUT2D eigenvalue weighted by atomic mass is 35.5. The van der Waals surface area contributed by atoms with Gasteiger partial charge in [-0.2, -0.15) is 9.30 Å². The maximum atomic E-state index is 12.6. The van der Waals surface area contributed by atoms with Crippen LogP contribution in [-0.2, 0) is 0 Å². The van der Waals surface area contributed by atoms with Crippen molar-refractivity contribution < 1.29 is 4.39 Å². The maximum absolute atomic E-state index is 12.6. The molecule has 0 saturated heterocycles. The zero-order valence-electron chi connectivity index (χ0n) is 5.46. The Morgan fingerprint density at radius 1 is 1.45 bits per heavy atom. The fourth-order valence-corrected chi connectivity index (χ4v) is 1.15. The first-order chi connectivity index (χ1) is 5.27. The van der Waals surface area contributed by atoms with Gasteiger partial charge in [-0.15, -0.1) is 0 Å². The Hall–Kier alpha value is -1.09. The third-order valence-corrected chi connectivity index (χ3v) is 1.76. The molecule has 0 spiro atoms. The van der Waals surface area contributed by atoms with Crippen LogP contribution in [0.3, 0.4) is 0 Å². The smallest absolute Gasteiger partial charge is 0.125 e. The lowest BCUT2D eigenvalue weighted by Crippen LogP contribution is -1.81. The van der Waals surface area contributed by atoms with Crippen LogP contribution in [0.2, 0.25) is 0 Å². The maximum Gasteiger partial charge on any atom is 0.125 e. The van der Waals surface area contributed by atoms with E-state index < -0.39 is 0 Å². The van der Waals surface area contributed by atoms with Gasteiger partial charge >= 0.3 is 0 Å². The van der Waals surface area contributed by atoms with Crippen molar-refractivity contribution in [3.05, 3.63) is 30.2 Å². The van der Waals surface area contributed by atoms with Gasteiger partial charge in [-0.25, -0.2) is 4.39 Å². The molecule has 2 nitrogen and oxygen atoms in total. The molecule has 4 heteroatoms. The molecule has 2 aromatic rings. The third kappa shape index (κ3) is 0.973. The Morgan fingerprint density at radius 3 is 3.09 bits per heavy atom. The van der Waals surface area contributed by atoms with E-state index in [2.05, 4.69) is 5.10 Å². The number of benzene rings is 1. The summed E-state index contributed by atoms with van der Waals surface area (Å²) in [5.41, 5.74) is 0.590. The average molecular weight is 171 g/mol. The quantitative estimate of drug-likeness (QED) is 0.593. The van der Waals surface area contributed by atoms with Gasteiger partial charge in [0.05, 0.1) is 11.7 Å². The monoisotopic (exact) mass is 170 g/mol. The van der Waals surface area contributed by atoms with Crippen molar-refractivity contribution in [2.75, 3.05) is 0 Å². The van der Waals surface area contributed by atoms with Gasteiger partial charge in [-0.1, -0.05) is 0 Å². The van der Waals surface area contributed by atoms with Crippen LogP contribution in [0.25, 0.3) is 10.9 Å². The van der Waals surface area contributed by atoms with Gasteiger partial charge in [0, 0.05) is 23.2 Å². The Bertz CT molecular complexity index is 396. The normalized spacial score (nSPS) is 10.7. The molecular formula is C7H4ClFN2. The lowest BCUT2D eigenvalue weighted by molar-refractivity contribution is 0.629. The summed E-state index contributed by atoms with van der Waals surface area (Å²) in [6, 6.07) is 4.35. The molecule has 0 radical (unpaired) electrons. The number of rotatable bonds is 0. The van der Waals surface area contributed by atoms with Crippen LogP contribution in [0.15, 0.2) is 24.4 Å².